The number of hydrogen-bond acceptors (Lipinski definition) is 1. The summed E-state index contributed by atoms with van der Waals surface area (Å²) in [7, 11) is 0. The van der Waals surface area contributed by atoms with Crippen LogP contribution >= 0.6 is 0 Å². The molecule has 11 heavy (non-hydrogen) atoms. The summed E-state index contributed by atoms with van der Waals surface area (Å²) in [5, 5.41) is 8.74. The molecule has 0 N–H and O–H groups in total. The lowest BCUT2D eigenvalue weighted by atomic mass is 10.2. The zero-order valence-corrected chi connectivity index (χ0v) is 6.91. The molecule has 2 rings (SSSR count). The van der Waals surface area contributed by atoms with Gasteiger partial charge in [0.15, 0.2) is 0 Å². The molecule has 0 fully saturated rings. The second-order valence-corrected chi connectivity index (χ2v) is 3.13. The number of nitrogens with zero attached hydrogens (tertiary/aromatic N) is 3. The first-order chi connectivity index (χ1) is 5.27. The van der Waals surface area contributed by atoms with Crippen LogP contribution < -0.4 is 0 Å². The summed E-state index contributed by atoms with van der Waals surface area (Å²) in [6, 6.07) is 2.56. The predicted octanol–water partition coefficient (Wildman–Crippen LogP) is 1.64. The molecule has 60 valence electrons. The molecule has 3 heteroatoms. The van der Waals surface area contributed by atoms with Gasteiger partial charge in [-0.1, -0.05) is 0 Å². The first-order valence-corrected chi connectivity index (χ1v) is 3.95. The third-order valence-electron chi connectivity index (χ3n) is 2.02. The van der Waals surface area contributed by atoms with Gasteiger partial charge >= 0.3 is 0 Å². The van der Waals surface area contributed by atoms with Gasteiger partial charge in [-0.15, -0.1) is 13.1 Å². The number of hydrogen-bond donors (Lipinski definition) is 0. The molecule has 1 aliphatic rings. The number of aromatic nitrogens is 2. The Morgan fingerprint density at radius 2 is 2.55 bits per heavy atom. The van der Waals surface area contributed by atoms with Crippen LogP contribution in [-0.2, 0) is 6.54 Å². The highest BCUT2D eigenvalue weighted by molar-refractivity contribution is 5.16. The van der Waals surface area contributed by atoms with E-state index in [4.69, 9.17) is 0 Å². The van der Waals surface area contributed by atoms with E-state index in [-0.39, 0.29) is 0 Å². The second-order valence-electron chi connectivity index (χ2n) is 3.13. The molecule has 0 bridgehead atoms. The Morgan fingerprint density at radius 1 is 1.73 bits per heavy atom. The predicted molar refractivity (Wildman–Crippen MR) is 43.6 cm³/mol. The van der Waals surface area contributed by atoms with Gasteiger partial charge in [-0.25, -0.2) is 0 Å². The van der Waals surface area contributed by atoms with E-state index in [1.165, 1.54) is 5.69 Å². The molecule has 1 aliphatic heterocycles. The molecule has 0 spiro atoms. The molecule has 1 aromatic heterocycles. The van der Waals surface area contributed by atoms with Gasteiger partial charge in [0.1, 0.15) is 0 Å². The third kappa shape index (κ3) is 1.05. The van der Waals surface area contributed by atoms with Crippen LogP contribution in [0.25, 0.3) is 5.32 Å². The maximum absolute atomic E-state index is 4.39. The van der Waals surface area contributed by atoms with Gasteiger partial charge in [0.25, 0.3) is 0 Å². The number of rotatable bonds is 0. The van der Waals surface area contributed by atoms with E-state index in [1.807, 2.05) is 6.92 Å². The van der Waals surface area contributed by atoms with Gasteiger partial charge < -0.3 is 5.32 Å². The molecule has 1 unspecified atom stereocenters. The van der Waals surface area contributed by atoms with Crippen LogP contribution in [-0.4, -0.2) is 16.3 Å². The van der Waals surface area contributed by atoms with Crippen molar-refractivity contribution >= 4 is 0 Å². The van der Waals surface area contributed by atoms with E-state index >= 15 is 0 Å². The van der Waals surface area contributed by atoms with Crippen molar-refractivity contribution in [3.05, 3.63) is 22.8 Å². The molecule has 1 atom stereocenters. The molecule has 0 aliphatic carbocycles. The summed E-state index contributed by atoms with van der Waals surface area (Å²) in [6.07, 6.45) is 0. The van der Waals surface area contributed by atoms with Gasteiger partial charge in [0.05, 0.1) is 5.69 Å². The Hall–Kier alpha value is -0.830. The lowest BCUT2D eigenvalue weighted by molar-refractivity contribution is 0.469. The van der Waals surface area contributed by atoms with Gasteiger partial charge in [0, 0.05) is 11.7 Å². The Balaban J connectivity index is 2.43. The summed E-state index contributed by atoms with van der Waals surface area (Å²) in [5.41, 5.74) is 2.35. The minimum atomic E-state index is 0.451. The van der Waals surface area contributed by atoms with Crippen LogP contribution in [0.3, 0.4) is 0 Å². The van der Waals surface area contributed by atoms with Crippen LogP contribution in [0, 0.1) is 6.92 Å². The minimum absolute atomic E-state index is 0.451. The SMILES string of the molecule is Cc1cc2n(n1)C(C)C[N-]C2. The second kappa shape index (κ2) is 2.34. The topological polar surface area (TPSA) is 31.9 Å². The summed E-state index contributed by atoms with van der Waals surface area (Å²) < 4.78 is 2.09. The highest BCUT2D eigenvalue weighted by Gasteiger charge is 2.09. The molecule has 0 saturated carbocycles. The average Bonchev–Trinajstić information content (AvgIpc) is 2.31. The Labute approximate surface area is 66.4 Å². The summed E-state index contributed by atoms with van der Waals surface area (Å²) in [5.74, 6) is 0. The highest BCUT2D eigenvalue weighted by atomic mass is 15.3. The average molecular weight is 150 g/mol. The largest absolute Gasteiger partial charge is 0.656 e. The van der Waals surface area contributed by atoms with Crippen molar-refractivity contribution in [1.29, 1.82) is 0 Å². The van der Waals surface area contributed by atoms with E-state index < -0.39 is 0 Å². The zero-order chi connectivity index (χ0) is 7.84. The standard InChI is InChI=1S/C8H12N3/c1-6-3-8-5-9-4-7(2)11(8)10-6/h3,7H,4-5H2,1-2H3/q-1. The number of fused-ring (bicyclic) bond motifs is 1. The fraction of sp³-hybridized carbons (Fsp3) is 0.625. The maximum atomic E-state index is 4.39. The fourth-order valence-electron chi connectivity index (χ4n) is 1.51. The van der Waals surface area contributed by atoms with Crippen molar-refractivity contribution in [1.82, 2.24) is 9.78 Å². The summed E-state index contributed by atoms with van der Waals surface area (Å²) in [4.78, 5) is 0. The van der Waals surface area contributed by atoms with Crippen LogP contribution in [0.2, 0.25) is 0 Å². The maximum Gasteiger partial charge on any atom is 0.0596 e. The van der Waals surface area contributed by atoms with E-state index in [2.05, 4.69) is 28.1 Å². The lowest BCUT2D eigenvalue weighted by Crippen LogP contribution is -2.18. The van der Waals surface area contributed by atoms with E-state index in [0.29, 0.717) is 6.04 Å². The van der Waals surface area contributed by atoms with E-state index in [9.17, 15) is 0 Å². The van der Waals surface area contributed by atoms with Crippen molar-refractivity contribution in [3.8, 4) is 0 Å². The summed E-state index contributed by atoms with van der Waals surface area (Å²) in [6.45, 7) is 5.93. The normalized spacial score (nSPS) is 23.3. The molecule has 0 aromatic carbocycles. The Morgan fingerprint density at radius 3 is 3.27 bits per heavy atom. The molecular formula is C8H12N3-. The monoisotopic (exact) mass is 150 g/mol. The number of aryl methyl sites for hydroxylation is 1. The van der Waals surface area contributed by atoms with E-state index in [1.54, 1.807) is 0 Å². The van der Waals surface area contributed by atoms with Gasteiger partial charge in [-0.3, -0.25) is 4.68 Å². The molecule has 0 saturated heterocycles. The third-order valence-corrected chi connectivity index (χ3v) is 2.02. The van der Waals surface area contributed by atoms with Crippen LogP contribution in [0.5, 0.6) is 0 Å². The molecule has 3 nitrogen and oxygen atoms in total. The molecule has 0 radical (unpaired) electrons. The quantitative estimate of drug-likeness (QED) is 0.553. The van der Waals surface area contributed by atoms with Crippen molar-refractivity contribution in [2.24, 2.45) is 0 Å². The highest BCUT2D eigenvalue weighted by Crippen LogP contribution is 2.21. The van der Waals surface area contributed by atoms with Gasteiger partial charge in [-0.05, 0) is 19.9 Å². The van der Waals surface area contributed by atoms with Crippen molar-refractivity contribution in [2.45, 2.75) is 26.4 Å². The van der Waals surface area contributed by atoms with E-state index in [0.717, 1.165) is 18.8 Å². The van der Waals surface area contributed by atoms with Crippen molar-refractivity contribution < 1.29 is 0 Å². The lowest BCUT2D eigenvalue weighted by Gasteiger charge is -2.32. The van der Waals surface area contributed by atoms with Crippen molar-refractivity contribution in [2.75, 3.05) is 6.54 Å². The fourth-order valence-corrected chi connectivity index (χ4v) is 1.51. The van der Waals surface area contributed by atoms with Crippen molar-refractivity contribution in [3.63, 3.8) is 0 Å². The molecule has 2 heterocycles. The molecule has 1 aromatic rings. The van der Waals surface area contributed by atoms with Gasteiger partial charge in [0.2, 0.25) is 0 Å². The summed E-state index contributed by atoms with van der Waals surface area (Å²) >= 11 is 0. The smallest absolute Gasteiger partial charge is 0.0596 e. The minimum Gasteiger partial charge on any atom is -0.656 e. The van der Waals surface area contributed by atoms with Crippen LogP contribution in [0.15, 0.2) is 6.07 Å². The zero-order valence-electron chi connectivity index (χ0n) is 6.91. The Bertz CT molecular complexity index is 264. The first-order valence-electron chi connectivity index (χ1n) is 3.95. The Kier molecular flexibility index (Phi) is 1.46. The molecular weight excluding hydrogens is 138 g/mol. The molecule has 0 amide bonds. The first kappa shape index (κ1) is 6.85. The van der Waals surface area contributed by atoms with Gasteiger partial charge in [-0.2, -0.15) is 5.10 Å². The van der Waals surface area contributed by atoms with Crippen LogP contribution in [0.4, 0.5) is 0 Å². The van der Waals surface area contributed by atoms with Crippen LogP contribution in [0.1, 0.15) is 24.4 Å².